The van der Waals surface area contributed by atoms with Crippen molar-refractivity contribution >= 4 is 11.4 Å². The maximum Gasteiger partial charge on any atom is 0.146 e. The third-order valence-corrected chi connectivity index (χ3v) is 5.40. The molecule has 0 heterocycles. The predicted octanol–water partition coefficient (Wildman–Crippen LogP) is 7.05. The van der Waals surface area contributed by atoms with Crippen molar-refractivity contribution in [1.29, 1.82) is 0 Å². The highest BCUT2D eigenvalue weighted by molar-refractivity contribution is 5.60. The number of terminal acetylenes is 1. The zero-order valence-corrected chi connectivity index (χ0v) is 17.9. The summed E-state index contributed by atoms with van der Waals surface area (Å²) in [5, 5.41) is 3.15. The molecule has 0 aliphatic heterocycles. The lowest BCUT2D eigenvalue weighted by atomic mass is 9.78. The molecule has 2 nitrogen and oxygen atoms in total. The van der Waals surface area contributed by atoms with Gasteiger partial charge in [0.15, 0.2) is 0 Å². The van der Waals surface area contributed by atoms with E-state index in [1.54, 1.807) is 6.08 Å². The Morgan fingerprint density at radius 1 is 1.10 bits per heavy atom. The smallest absolute Gasteiger partial charge is 0.146 e. The van der Waals surface area contributed by atoms with E-state index in [0.29, 0.717) is 12.3 Å². The normalized spacial score (nSPS) is 12.4. The van der Waals surface area contributed by atoms with Gasteiger partial charge in [-0.1, -0.05) is 55.0 Å². The van der Waals surface area contributed by atoms with Gasteiger partial charge in [-0.2, -0.15) is 0 Å². The minimum atomic E-state index is -0.373. The molecule has 1 atom stereocenters. The molecular weight excluding hydrogens is 385 g/mol. The third-order valence-electron chi connectivity index (χ3n) is 5.40. The van der Waals surface area contributed by atoms with E-state index in [-0.39, 0.29) is 11.2 Å². The molecule has 0 aliphatic rings. The van der Waals surface area contributed by atoms with Gasteiger partial charge < -0.3 is 10.1 Å². The first-order valence-corrected chi connectivity index (χ1v) is 10.5. The first kappa shape index (κ1) is 22.2. The van der Waals surface area contributed by atoms with Crippen LogP contribution in [0.3, 0.4) is 0 Å². The lowest BCUT2D eigenvalue weighted by Gasteiger charge is -2.24. The van der Waals surface area contributed by atoms with Crippen LogP contribution in [0.25, 0.3) is 0 Å². The van der Waals surface area contributed by atoms with Gasteiger partial charge in [-0.05, 0) is 73.7 Å². The number of anilines is 2. The molecule has 1 unspecified atom stereocenters. The average Bonchev–Trinajstić information content (AvgIpc) is 2.80. The molecule has 0 amide bonds. The Morgan fingerprint density at radius 3 is 2.52 bits per heavy atom. The topological polar surface area (TPSA) is 21.3 Å². The van der Waals surface area contributed by atoms with Crippen LogP contribution in [0.5, 0.6) is 5.75 Å². The van der Waals surface area contributed by atoms with Crippen LogP contribution in [0.2, 0.25) is 0 Å². The lowest BCUT2D eigenvalue weighted by Crippen LogP contribution is -2.19. The van der Waals surface area contributed by atoms with Gasteiger partial charge in [0.05, 0.1) is 11.1 Å². The van der Waals surface area contributed by atoms with Crippen molar-refractivity contribution in [1.82, 2.24) is 0 Å². The summed E-state index contributed by atoms with van der Waals surface area (Å²) >= 11 is 0. The largest absolute Gasteiger partial charge is 0.490 e. The lowest BCUT2D eigenvalue weighted by molar-refractivity contribution is 0.363. The standard InChI is InChI=1S/C28H28FNO/c1-4-20-31-25-16-14-23(15-17-25)28(3,5-2)19-9-10-22-13-18-26(29)27(21-22)30-24-11-7-6-8-12-24/h2,4,6-8,11-18,21,30H,1,9-10,19-20H2,3H3. The van der Waals surface area contributed by atoms with Gasteiger partial charge in [0.2, 0.25) is 0 Å². The van der Waals surface area contributed by atoms with Gasteiger partial charge in [0, 0.05) is 5.69 Å². The number of halogens is 1. The molecule has 0 aliphatic carbocycles. The molecule has 0 spiro atoms. The fourth-order valence-corrected chi connectivity index (χ4v) is 3.52. The maximum absolute atomic E-state index is 14.2. The van der Waals surface area contributed by atoms with Crippen molar-refractivity contribution in [3.05, 3.63) is 102 Å². The van der Waals surface area contributed by atoms with Crippen LogP contribution in [0.15, 0.2) is 85.5 Å². The highest BCUT2D eigenvalue weighted by Crippen LogP contribution is 2.31. The fraction of sp³-hybridized carbons (Fsp3) is 0.214. The Balaban J connectivity index is 1.63. The van der Waals surface area contributed by atoms with Crippen molar-refractivity contribution in [3.63, 3.8) is 0 Å². The van der Waals surface area contributed by atoms with E-state index >= 15 is 0 Å². The number of nitrogens with one attached hydrogen (secondary N) is 1. The molecule has 0 saturated carbocycles. The van der Waals surface area contributed by atoms with Gasteiger partial charge in [0.25, 0.3) is 0 Å². The van der Waals surface area contributed by atoms with Crippen LogP contribution in [0.1, 0.15) is 30.9 Å². The molecule has 3 aromatic rings. The molecule has 0 radical (unpaired) electrons. The molecule has 158 valence electrons. The molecule has 0 bridgehead atoms. The summed E-state index contributed by atoms with van der Waals surface area (Å²) in [7, 11) is 0. The van der Waals surface area contributed by atoms with Gasteiger partial charge in [-0.3, -0.25) is 0 Å². The van der Waals surface area contributed by atoms with Crippen LogP contribution in [0.4, 0.5) is 15.8 Å². The van der Waals surface area contributed by atoms with E-state index < -0.39 is 0 Å². The molecule has 0 aromatic heterocycles. The minimum Gasteiger partial charge on any atom is -0.490 e. The summed E-state index contributed by atoms with van der Waals surface area (Å²) in [5.41, 5.74) is 3.14. The van der Waals surface area contributed by atoms with Crippen LogP contribution < -0.4 is 10.1 Å². The van der Waals surface area contributed by atoms with Gasteiger partial charge in [-0.25, -0.2) is 4.39 Å². The van der Waals surface area contributed by atoms with Crippen molar-refractivity contribution < 1.29 is 9.13 Å². The van der Waals surface area contributed by atoms with Crippen molar-refractivity contribution in [2.24, 2.45) is 0 Å². The van der Waals surface area contributed by atoms with Crippen LogP contribution in [-0.4, -0.2) is 6.61 Å². The van der Waals surface area contributed by atoms with E-state index in [4.69, 9.17) is 11.2 Å². The molecule has 1 N–H and O–H groups in total. The van der Waals surface area contributed by atoms with Crippen molar-refractivity contribution in [2.45, 2.75) is 31.6 Å². The monoisotopic (exact) mass is 413 g/mol. The summed E-state index contributed by atoms with van der Waals surface area (Å²) in [6.45, 7) is 6.22. The van der Waals surface area contributed by atoms with E-state index in [1.807, 2.05) is 66.7 Å². The van der Waals surface area contributed by atoms with Gasteiger partial charge >= 0.3 is 0 Å². The van der Waals surface area contributed by atoms with E-state index in [2.05, 4.69) is 24.7 Å². The third kappa shape index (κ3) is 5.99. The zero-order chi connectivity index (χ0) is 22.1. The van der Waals surface area contributed by atoms with Gasteiger partial charge in [-0.15, -0.1) is 6.42 Å². The number of para-hydroxylation sites is 1. The number of rotatable bonds is 10. The molecule has 3 heteroatoms. The van der Waals surface area contributed by atoms with Crippen LogP contribution >= 0.6 is 0 Å². The Labute approximate surface area is 184 Å². The number of hydrogen-bond acceptors (Lipinski definition) is 2. The second kappa shape index (κ2) is 10.5. The van der Waals surface area contributed by atoms with Crippen molar-refractivity contribution in [2.75, 3.05) is 11.9 Å². The van der Waals surface area contributed by atoms with Crippen molar-refractivity contribution in [3.8, 4) is 18.1 Å². The Morgan fingerprint density at radius 2 is 1.84 bits per heavy atom. The summed E-state index contributed by atoms with van der Waals surface area (Å²) in [6, 6.07) is 22.8. The number of ether oxygens (including phenoxy) is 1. The highest BCUT2D eigenvalue weighted by Gasteiger charge is 2.23. The molecule has 0 fully saturated rings. The average molecular weight is 414 g/mol. The minimum absolute atomic E-state index is 0.264. The first-order chi connectivity index (χ1) is 15.0. The highest BCUT2D eigenvalue weighted by atomic mass is 19.1. The Bertz CT molecular complexity index is 1040. The van der Waals surface area contributed by atoms with Crippen LogP contribution in [-0.2, 0) is 11.8 Å². The molecular formula is C28H28FNO. The van der Waals surface area contributed by atoms with Gasteiger partial charge in [0.1, 0.15) is 18.2 Å². The van der Waals surface area contributed by atoms with E-state index in [1.165, 1.54) is 6.07 Å². The second-order valence-corrected chi connectivity index (χ2v) is 7.76. The second-order valence-electron chi connectivity index (χ2n) is 7.76. The van der Waals surface area contributed by atoms with E-state index in [9.17, 15) is 4.39 Å². The predicted molar refractivity (Wildman–Crippen MR) is 127 cm³/mol. The quantitative estimate of drug-likeness (QED) is 0.284. The number of aryl methyl sites for hydroxylation is 1. The molecule has 3 aromatic carbocycles. The fourth-order valence-electron chi connectivity index (χ4n) is 3.52. The maximum atomic E-state index is 14.2. The molecule has 0 saturated heterocycles. The number of hydrogen-bond donors (Lipinski definition) is 1. The Hall–Kier alpha value is -3.51. The SMILES string of the molecule is C#CC(C)(CCCc1ccc(F)c(Nc2ccccc2)c1)c1ccc(OCC=C)cc1. The number of benzene rings is 3. The zero-order valence-electron chi connectivity index (χ0n) is 17.9. The summed E-state index contributed by atoms with van der Waals surface area (Å²) in [6.07, 6.45) is 10.2. The summed E-state index contributed by atoms with van der Waals surface area (Å²) in [5.74, 6) is 3.50. The molecule has 31 heavy (non-hydrogen) atoms. The first-order valence-electron chi connectivity index (χ1n) is 10.5. The Kier molecular flexibility index (Phi) is 7.51. The van der Waals surface area contributed by atoms with Crippen LogP contribution in [0, 0.1) is 18.2 Å². The summed E-state index contributed by atoms with van der Waals surface area (Å²) < 4.78 is 19.8. The van der Waals surface area contributed by atoms with E-state index in [0.717, 1.165) is 41.8 Å². The molecule has 3 rings (SSSR count). The summed E-state index contributed by atoms with van der Waals surface area (Å²) in [4.78, 5) is 0.